The van der Waals surface area contributed by atoms with E-state index < -0.39 is 4.75 Å². The molecule has 0 saturated carbocycles. The van der Waals surface area contributed by atoms with E-state index in [2.05, 4.69) is 5.32 Å². The first-order chi connectivity index (χ1) is 13.0. The average molecular weight is 385 g/mol. The number of carbonyl (C=O) groups is 2. The van der Waals surface area contributed by atoms with Crippen LogP contribution in [0.25, 0.3) is 0 Å². The SMILES string of the molecule is CCOc1ccc(CNC(=O)C2(C)Sc3ccccc3N(CC)C2=O)cc1. The van der Waals surface area contributed by atoms with Crippen molar-refractivity contribution in [2.24, 2.45) is 0 Å². The molecule has 0 aliphatic carbocycles. The first kappa shape index (κ1) is 19.3. The molecule has 5 nitrogen and oxygen atoms in total. The third-order valence-corrected chi connectivity index (χ3v) is 5.89. The summed E-state index contributed by atoms with van der Waals surface area (Å²) in [5, 5.41) is 2.92. The van der Waals surface area contributed by atoms with Crippen LogP contribution in [0.3, 0.4) is 0 Å². The van der Waals surface area contributed by atoms with Crippen LogP contribution in [0.4, 0.5) is 5.69 Å². The number of nitrogens with one attached hydrogen (secondary N) is 1. The minimum Gasteiger partial charge on any atom is -0.494 e. The van der Waals surface area contributed by atoms with Crippen LogP contribution in [-0.4, -0.2) is 29.7 Å². The molecule has 3 rings (SSSR count). The summed E-state index contributed by atoms with van der Waals surface area (Å²) in [5.74, 6) is 0.338. The van der Waals surface area contributed by atoms with Gasteiger partial charge in [0.15, 0.2) is 4.75 Å². The molecule has 0 radical (unpaired) electrons. The summed E-state index contributed by atoms with van der Waals surface area (Å²) in [6.07, 6.45) is 0. The van der Waals surface area contributed by atoms with Gasteiger partial charge >= 0.3 is 0 Å². The summed E-state index contributed by atoms with van der Waals surface area (Å²) in [6, 6.07) is 15.3. The smallest absolute Gasteiger partial charge is 0.252 e. The number of para-hydroxylation sites is 1. The van der Waals surface area contributed by atoms with Crippen molar-refractivity contribution in [3.8, 4) is 5.75 Å². The van der Waals surface area contributed by atoms with Crippen LogP contribution < -0.4 is 15.0 Å². The van der Waals surface area contributed by atoms with Gasteiger partial charge in [-0.2, -0.15) is 0 Å². The Kier molecular flexibility index (Phi) is 5.75. The highest BCUT2D eigenvalue weighted by molar-refractivity contribution is 8.02. The van der Waals surface area contributed by atoms with Gasteiger partial charge in [0, 0.05) is 18.0 Å². The summed E-state index contributed by atoms with van der Waals surface area (Å²) in [6.45, 7) is 7.06. The Morgan fingerprint density at radius 3 is 2.52 bits per heavy atom. The van der Waals surface area contributed by atoms with E-state index in [0.29, 0.717) is 19.7 Å². The second kappa shape index (κ2) is 8.05. The van der Waals surface area contributed by atoms with E-state index in [-0.39, 0.29) is 11.8 Å². The second-order valence-corrected chi connectivity index (χ2v) is 7.87. The number of rotatable bonds is 6. The molecule has 1 N–H and O–H groups in total. The molecule has 1 atom stereocenters. The minimum atomic E-state index is -1.18. The van der Waals surface area contributed by atoms with Gasteiger partial charge in [-0.1, -0.05) is 36.0 Å². The van der Waals surface area contributed by atoms with Crippen LogP contribution in [0.15, 0.2) is 53.4 Å². The molecule has 0 aromatic heterocycles. The summed E-state index contributed by atoms with van der Waals surface area (Å²) >= 11 is 1.32. The van der Waals surface area contributed by atoms with Crippen LogP contribution in [0.5, 0.6) is 5.75 Å². The number of ether oxygens (including phenoxy) is 1. The molecule has 6 heteroatoms. The predicted molar refractivity (Wildman–Crippen MR) is 108 cm³/mol. The fourth-order valence-electron chi connectivity index (χ4n) is 3.08. The lowest BCUT2D eigenvalue weighted by atomic mass is 10.1. The lowest BCUT2D eigenvalue weighted by molar-refractivity contribution is -0.131. The van der Waals surface area contributed by atoms with Crippen molar-refractivity contribution >= 4 is 29.3 Å². The quantitative estimate of drug-likeness (QED) is 0.773. The van der Waals surface area contributed by atoms with E-state index in [1.807, 2.05) is 62.4 Å². The van der Waals surface area contributed by atoms with Gasteiger partial charge in [-0.05, 0) is 50.6 Å². The van der Waals surface area contributed by atoms with Crippen LogP contribution in [0.2, 0.25) is 0 Å². The molecule has 2 aromatic carbocycles. The van der Waals surface area contributed by atoms with Gasteiger partial charge in [0.25, 0.3) is 5.91 Å². The number of anilines is 1. The normalized spacial score (nSPS) is 18.8. The van der Waals surface area contributed by atoms with E-state index in [1.165, 1.54) is 11.8 Å². The van der Waals surface area contributed by atoms with E-state index in [9.17, 15) is 9.59 Å². The zero-order chi connectivity index (χ0) is 19.4. The number of nitrogens with zero attached hydrogens (tertiary/aromatic N) is 1. The highest BCUT2D eigenvalue weighted by atomic mass is 32.2. The van der Waals surface area contributed by atoms with Crippen molar-refractivity contribution in [1.82, 2.24) is 5.32 Å². The van der Waals surface area contributed by atoms with Crippen LogP contribution in [0, 0.1) is 0 Å². The van der Waals surface area contributed by atoms with Gasteiger partial charge in [0.1, 0.15) is 5.75 Å². The van der Waals surface area contributed by atoms with Gasteiger partial charge in [-0.3, -0.25) is 9.59 Å². The van der Waals surface area contributed by atoms with Crippen molar-refractivity contribution in [2.45, 2.75) is 37.0 Å². The lowest BCUT2D eigenvalue weighted by Gasteiger charge is -2.38. The lowest BCUT2D eigenvalue weighted by Crippen LogP contribution is -2.56. The number of thioether (sulfide) groups is 1. The van der Waals surface area contributed by atoms with Crippen molar-refractivity contribution in [2.75, 3.05) is 18.1 Å². The summed E-state index contributed by atoms with van der Waals surface area (Å²) < 4.78 is 4.24. The summed E-state index contributed by atoms with van der Waals surface area (Å²) in [5.41, 5.74) is 1.82. The number of fused-ring (bicyclic) bond motifs is 1. The predicted octanol–water partition coefficient (Wildman–Crippen LogP) is 3.62. The first-order valence-electron chi connectivity index (χ1n) is 9.09. The van der Waals surface area contributed by atoms with E-state index in [4.69, 9.17) is 4.74 Å². The number of carbonyl (C=O) groups excluding carboxylic acids is 2. The molecule has 27 heavy (non-hydrogen) atoms. The Morgan fingerprint density at radius 1 is 1.15 bits per heavy atom. The molecule has 0 fully saturated rings. The zero-order valence-electron chi connectivity index (χ0n) is 15.8. The Balaban J connectivity index is 1.74. The first-order valence-corrected chi connectivity index (χ1v) is 9.91. The Bertz CT molecular complexity index is 838. The van der Waals surface area contributed by atoms with Gasteiger partial charge in [-0.25, -0.2) is 0 Å². The molecule has 1 aliphatic heterocycles. The topological polar surface area (TPSA) is 58.6 Å². The Hall–Kier alpha value is -2.47. The maximum atomic E-state index is 13.0. The minimum absolute atomic E-state index is 0.183. The Morgan fingerprint density at radius 2 is 1.85 bits per heavy atom. The molecule has 2 amide bonds. The third kappa shape index (κ3) is 3.81. The van der Waals surface area contributed by atoms with Gasteiger partial charge in [0.05, 0.1) is 12.3 Å². The molecule has 0 saturated heterocycles. The fraction of sp³-hybridized carbons (Fsp3) is 0.333. The standard InChI is InChI=1S/C21H24N2O3S/c1-4-23-17-8-6-7-9-18(17)27-21(3,20(23)25)19(24)22-14-15-10-12-16(13-11-15)26-5-2/h6-13H,4-5,14H2,1-3H3,(H,22,24). The van der Waals surface area contributed by atoms with E-state index in [1.54, 1.807) is 11.8 Å². The molecule has 1 unspecified atom stereocenters. The molecule has 0 spiro atoms. The molecular weight excluding hydrogens is 360 g/mol. The molecule has 2 aromatic rings. The van der Waals surface area contributed by atoms with Crippen LogP contribution >= 0.6 is 11.8 Å². The number of hydrogen-bond acceptors (Lipinski definition) is 4. The fourth-order valence-corrected chi connectivity index (χ4v) is 4.31. The van der Waals surface area contributed by atoms with E-state index >= 15 is 0 Å². The van der Waals surface area contributed by atoms with Crippen LogP contribution in [-0.2, 0) is 16.1 Å². The summed E-state index contributed by atoms with van der Waals surface area (Å²) in [7, 11) is 0. The van der Waals surface area contributed by atoms with Gasteiger partial charge in [0.2, 0.25) is 5.91 Å². The maximum Gasteiger partial charge on any atom is 0.252 e. The van der Waals surface area contributed by atoms with Gasteiger partial charge in [-0.15, -0.1) is 0 Å². The Labute approximate surface area is 164 Å². The highest BCUT2D eigenvalue weighted by Crippen LogP contribution is 2.45. The molecule has 0 bridgehead atoms. The number of hydrogen-bond donors (Lipinski definition) is 1. The third-order valence-electron chi connectivity index (χ3n) is 4.56. The van der Waals surface area contributed by atoms with Crippen molar-refractivity contribution in [3.05, 3.63) is 54.1 Å². The van der Waals surface area contributed by atoms with Crippen molar-refractivity contribution < 1.29 is 14.3 Å². The van der Waals surface area contributed by atoms with Crippen molar-refractivity contribution in [3.63, 3.8) is 0 Å². The molecular formula is C21H24N2O3S. The maximum absolute atomic E-state index is 13.0. The highest BCUT2D eigenvalue weighted by Gasteiger charge is 2.48. The van der Waals surface area contributed by atoms with Gasteiger partial charge < -0.3 is 15.0 Å². The largest absolute Gasteiger partial charge is 0.494 e. The molecule has 142 valence electrons. The summed E-state index contributed by atoms with van der Waals surface area (Å²) in [4.78, 5) is 28.6. The monoisotopic (exact) mass is 384 g/mol. The number of benzene rings is 2. The van der Waals surface area contributed by atoms with Crippen molar-refractivity contribution in [1.29, 1.82) is 0 Å². The molecule has 1 heterocycles. The average Bonchev–Trinajstić information content (AvgIpc) is 2.68. The zero-order valence-corrected chi connectivity index (χ0v) is 16.6. The molecule has 1 aliphatic rings. The van der Waals surface area contributed by atoms with E-state index in [0.717, 1.165) is 21.9 Å². The number of amides is 2. The van der Waals surface area contributed by atoms with Crippen LogP contribution in [0.1, 0.15) is 26.3 Å². The second-order valence-electron chi connectivity index (χ2n) is 6.41.